The van der Waals surface area contributed by atoms with Gasteiger partial charge in [-0.3, -0.25) is 0 Å². The molecule has 1 aliphatic rings. The summed E-state index contributed by atoms with van der Waals surface area (Å²) < 4.78 is 6.73. The van der Waals surface area contributed by atoms with E-state index in [1.165, 1.54) is 33.4 Å². The normalized spacial score (nSPS) is 12.9. The average molecular weight is 652 g/mol. The molecule has 0 bridgehead atoms. The number of furan rings is 1. The first-order valence-corrected chi connectivity index (χ1v) is 17.5. The molecule has 9 aromatic rings. The van der Waals surface area contributed by atoms with E-state index in [-0.39, 0.29) is 0 Å². The highest BCUT2D eigenvalue weighted by Crippen LogP contribution is 2.59. The van der Waals surface area contributed by atoms with Crippen molar-refractivity contribution in [2.75, 3.05) is 4.90 Å². The topological polar surface area (TPSA) is 16.4 Å². The van der Waals surface area contributed by atoms with Crippen LogP contribution < -0.4 is 4.90 Å². The van der Waals surface area contributed by atoms with Gasteiger partial charge in [0.05, 0.1) is 16.8 Å². The molecule has 2 heteroatoms. The Balaban J connectivity index is 1.40. The third-order valence-electron chi connectivity index (χ3n) is 10.5. The Morgan fingerprint density at radius 3 is 1.63 bits per heavy atom. The standard InChI is InChI=1S/C49H33NO/c1-4-18-34(19-5-1)37-24-12-16-30-45(37)50(36-22-8-3-9-23-36)46-32-41-40-27-13-17-31-47(40)51-48(41)33-44(46)49(35-20-6-2-7-21-35)42-28-14-10-25-38(42)39-26-11-15-29-43(39)49/h1-33H. The van der Waals surface area contributed by atoms with E-state index in [0.717, 1.165) is 50.1 Å². The quantitative estimate of drug-likeness (QED) is 0.178. The minimum absolute atomic E-state index is 0.647. The van der Waals surface area contributed by atoms with Crippen LogP contribution in [0.4, 0.5) is 17.1 Å². The van der Waals surface area contributed by atoms with Crippen LogP contribution in [0.25, 0.3) is 44.2 Å². The lowest BCUT2D eigenvalue weighted by molar-refractivity contribution is 0.665. The minimum atomic E-state index is -0.647. The molecule has 51 heavy (non-hydrogen) atoms. The number of anilines is 3. The van der Waals surface area contributed by atoms with Crippen LogP contribution >= 0.6 is 0 Å². The second kappa shape index (κ2) is 11.8. The first-order chi connectivity index (χ1) is 25.3. The summed E-state index contributed by atoms with van der Waals surface area (Å²) in [4.78, 5) is 2.47. The van der Waals surface area contributed by atoms with Crippen LogP contribution in [0.3, 0.4) is 0 Å². The molecule has 0 radical (unpaired) electrons. The largest absolute Gasteiger partial charge is 0.456 e. The van der Waals surface area contributed by atoms with Gasteiger partial charge in [0.2, 0.25) is 0 Å². The molecular weight excluding hydrogens is 619 g/mol. The van der Waals surface area contributed by atoms with Crippen LogP contribution in [0.15, 0.2) is 205 Å². The molecule has 2 nitrogen and oxygen atoms in total. The molecule has 0 N–H and O–H groups in total. The molecule has 240 valence electrons. The Kier molecular flexibility index (Phi) is 6.75. The van der Waals surface area contributed by atoms with E-state index < -0.39 is 5.41 Å². The number of para-hydroxylation sites is 3. The van der Waals surface area contributed by atoms with Gasteiger partial charge in [0.1, 0.15) is 11.2 Å². The van der Waals surface area contributed by atoms with Crippen molar-refractivity contribution in [1.29, 1.82) is 0 Å². The molecule has 8 aromatic carbocycles. The van der Waals surface area contributed by atoms with Crippen molar-refractivity contribution < 1.29 is 4.42 Å². The van der Waals surface area contributed by atoms with Crippen molar-refractivity contribution in [3.8, 4) is 22.3 Å². The first kappa shape index (κ1) is 29.3. The summed E-state index contributed by atoms with van der Waals surface area (Å²) in [5, 5.41) is 2.19. The molecule has 0 aliphatic heterocycles. The van der Waals surface area contributed by atoms with Gasteiger partial charge >= 0.3 is 0 Å². The molecule has 10 rings (SSSR count). The fraction of sp³-hybridized carbons (Fsp3) is 0.0204. The molecule has 0 fully saturated rings. The van der Waals surface area contributed by atoms with E-state index in [9.17, 15) is 0 Å². The lowest BCUT2D eigenvalue weighted by Gasteiger charge is -2.38. The lowest BCUT2D eigenvalue weighted by Crippen LogP contribution is -2.31. The van der Waals surface area contributed by atoms with Crippen molar-refractivity contribution in [2.45, 2.75) is 5.41 Å². The zero-order valence-electron chi connectivity index (χ0n) is 27.9. The SMILES string of the molecule is c1ccc(-c2ccccc2N(c2ccccc2)c2cc3c(cc2C2(c4ccccc4)c4ccccc4-c4ccccc42)oc2ccccc23)cc1. The van der Waals surface area contributed by atoms with Crippen molar-refractivity contribution in [3.63, 3.8) is 0 Å². The van der Waals surface area contributed by atoms with E-state index in [1.807, 2.05) is 6.07 Å². The van der Waals surface area contributed by atoms with Gasteiger partial charge in [-0.15, -0.1) is 0 Å². The maximum Gasteiger partial charge on any atom is 0.135 e. The lowest BCUT2D eigenvalue weighted by atomic mass is 9.67. The van der Waals surface area contributed by atoms with Crippen LogP contribution in [0, 0.1) is 0 Å². The van der Waals surface area contributed by atoms with Crippen LogP contribution in [0.2, 0.25) is 0 Å². The molecular formula is C49H33NO. The molecule has 1 aromatic heterocycles. The maximum absolute atomic E-state index is 6.73. The number of rotatable bonds is 6. The molecule has 1 aliphatic carbocycles. The minimum Gasteiger partial charge on any atom is -0.456 e. The van der Waals surface area contributed by atoms with E-state index in [2.05, 4.69) is 199 Å². The van der Waals surface area contributed by atoms with Crippen molar-refractivity contribution in [3.05, 3.63) is 222 Å². The van der Waals surface area contributed by atoms with Crippen LogP contribution in [0.1, 0.15) is 22.3 Å². The molecule has 0 unspecified atom stereocenters. The number of fused-ring (bicyclic) bond motifs is 6. The summed E-state index contributed by atoms with van der Waals surface area (Å²) in [6, 6.07) is 72.3. The molecule has 0 saturated carbocycles. The maximum atomic E-state index is 6.73. The summed E-state index contributed by atoms with van der Waals surface area (Å²) in [6.07, 6.45) is 0. The van der Waals surface area contributed by atoms with Crippen molar-refractivity contribution in [1.82, 2.24) is 0 Å². The fourth-order valence-electron chi connectivity index (χ4n) is 8.44. The summed E-state index contributed by atoms with van der Waals surface area (Å²) in [6.45, 7) is 0. The number of hydrogen-bond acceptors (Lipinski definition) is 2. The van der Waals surface area contributed by atoms with E-state index in [4.69, 9.17) is 4.42 Å². The Labute approximate surface area is 297 Å². The van der Waals surface area contributed by atoms with Gasteiger partial charge in [-0.2, -0.15) is 0 Å². The van der Waals surface area contributed by atoms with Crippen molar-refractivity contribution in [2.24, 2.45) is 0 Å². The number of nitrogens with zero attached hydrogens (tertiary/aromatic N) is 1. The van der Waals surface area contributed by atoms with Gasteiger partial charge in [0.15, 0.2) is 0 Å². The predicted octanol–water partition coefficient (Wildman–Crippen LogP) is 13.1. The second-order valence-electron chi connectivity index (χ2n) is 13.2. The van der Waals surface area contributed by atoms with Crippen LogP contribution in [-0.2, 0) is 5.41 Å². The first-order valence-electron chi connectivity index (χ1n) is 17.5. The van der Waals surface area contributed by atoms with E-state index in [0.29, 0.717) is 0 Å². The highest BCUT2D eigenvalue weighted by Gasteiger charge is 2.48. The number of benzene rings is 8. The monoisotopic (exact) mass is 651 g/mol. The Hall–Kier alpha value is -6.64. The van der Waals surface area contributed by atoms with Gasteiger partial charge in [-0.05, 0) is 75.3 Å². The smallest absolute Gasteiger partial charge is 0.135 e. The zero-order chi connectivity index (χ0) is 33.8. The molecule has 1 heterocycles. The molecule has 0 saturated heterocycles. The summed E-state index contributed by atoms with van der Waals surface area (Å²) >= 11 is 0. The summed E-state index contributed by atoms with van der Waals surface area (Å²) in [5.74, 6) is 0. The van der Waals surface area contributed by atoms with Gasteiger partial charge in [0.25, 0.3) is 0 Å². The average Bonchev–Trinajstić information content (AvgIpc) is 3.72. The van der Waals surface area contributed by atoms with Gasteiger partial charge in [0, 0.05) is 22.0 Å². The van der Waals surface area contributed by atoms with Crippen LogP contribution in [-0.4, -0.2) is 0 Å². The Morgan fingerprint density at radius 1 is 0.373 bits per heavy atom. The predicted molar refractivity (Wildman–Crippen MR) is 211 cm³/mol. The number of hydrogen-bond donors (Lipinski definition) is 0. The highest BCUT2D eigenvalue weighted by atomic mass is 16.3. The summed E-state index contributed by atoms with van der Waals surface area (Å²) in [7, 11) is 0. The zero-order valence-corrected chi connectivity index (χ0v) is 27.9. The van der Waals surface area contributed by atoms with Gasteiger partial charge < -0.3 is 9.32 Å². The van der Waals surface area contributed by atoms with Gasteiger partial charge in [-0.1, -0.05) is 164 Å². The second-order valence-corrected chi connectivity index (χ2v) is 13.2. The molecule has 0 atom stereocenters. The molecule has 0 spiro atoms. The summed E-state index contributed by atoms with van der Waals surface area (Å²) in [5.41, 5.74) is 14.1. The molecule has 0 amide bonds. The van der Waals surface area contributed by atoms with E-state index >= 15 is 0 Å². The highest BCUT2D eigenvalue weighted by molar-refractivity contribution is 6.08. The van der Waals surface area contributed by atoms with Crippen LogP contribution in [0.5, 0.6) is 0 Å². The van der Waals surface area contributed by atoms with E-state index in [1.54, 1.807) is 0 Å². The third kappa shape index (κ3) is 4.43. The third-order valence-corrected chi connectivity index (χ3v) is 10.5. The van der Waals surface area contributed by atoms with Crippen molar-refractivity contribution >= 4 is 39.0 Å². The fourth-order valence-corrected chi connectivity index (χ4v) is 8.44. The Morgan fingerprint density at radius 2 is 0.922 bits per heavy atom. The van der Waals surface area contributed by atoms with Gasteiger partial charge in [-0.25, -0.2) is 0 Å². The Bertz CT molecular complexity index is 2650.